The van der Waals surface area contributed by atoms with Crippen molar-refractivity contribution in [3.8, 4) is 5.75 Å². The molecule has 0 heterocycles. The van der Waals surface area contributed by atoms with Crippen LogP contribution in [-0.2, 0) is 14.9 Å². The van der Waals surface area contributed by atoms with E-state index in [1.165, 1.54) is 5.56 Å². The Balaban J connectivity index is 1.92. The van der Waals surface area contributed by atoms with Gasteiger partial charge in [0.1, 0.15) is 5.75 Å². The molecule has 2 rings (SSSR count). The lowest BCUT2D eigenvalue weighted by atomic mass is 9.87. The lowest BCUT2D eigenvalue weighted by Gasteiger charge is -2.20. The molecule has 0 aliphatic rings. The van der Waals surface area contributed by atoms with Crippen LogP contribution in [0.5, 0.6) is 5.75 Å². The number of amides is 2. The van der Waals surface area contributed by atoms with E-state index in [9.17, 15) is 9.59 Å². The van der Waals surface area contributed by atoms with Gasteiger partial charge in [0.25, 0.3) is 11.8 Å². The molecule has 1 atom stereocenters. The van der Waals surface area contributed by atoms with E-state index in [-0.39, 0.29) is 17.2 Å². The third-order valence-corrected chi connectivity index (χ3v) is 4.61. The summed E-state index contributed by atoms with van der Waals surface area (Å²) in [5, 5.41) is 5.63. The van der Waals surface area contributed by atoms with Crippen LogP contribution >= 0.6 is 0 Å². The molecule has 162 valence electrons. The molecule has 6 heteroatoms. The van der Waals surface area contributed by atoms with Gasteiger partial charge in [-0.25, -0.2) is 0 Å². The van der Waals surface area contributed by atoms with Crippen molar-refractivity contribution in [2.45, 2.75) is 45.6 Å². The SMILES string of the molecule is COCCCNC(=O)c1cccc(NC(=O)C(C)Oc2ccc(C(C)(C)C)cc2)c1. The Morgan fingerprint density at radius 3 is 2.40 bits per heavy atom. The summed E-state index contributed by atoms with van der Waals surface area (Å²) in [6.45, 7) is 9.25. The topological polar surface area (TPSA) is 76.7 Å². The van der Waals surface area contributed by atoms with Gasteiger partial charge in [0.05, 0.1) is 0 Å². The van der Waals surface area contributed by atoms with Gasteiger partial charge < -0.3 is 20.1 Å². The maximum Gasteiger partial charge on any atom is 0.265 e. The average Bonchev–Trinajstić information content (AvgIpc) is 2.71. The lowest BCUT2D eigenvalue weighted by molar-refractivity contribution is -0.122. The molecule has 0 spiro atoms. The smallest absolute Gasteiger partial charge is 0.265 e. The number of methoxy groups -OCH3 is 1. The summed E-state index contributed by atoms with van der Waals surface area (Å²) < 4.78 is 10.7. The molecule has 0 radical (unpaired) electrons. The fourth-order valence-corrected chi connectivity index (χ4v) is 2.79. The molecule has 0 fully saturated rings. The first-order valence-corrected chi connectivity index (χ1v) is 10.2. The number of nitrogens with one attached hydrogen (secondary N) is 2. The van der Waals surface area contributed by atoms with Gasteiger partial charge in [0, 0.05) is 31.5 Å². The standard InChI is InChI=1S/C24H32N2O4/c1-17(30-21-12-10-19(11-13-21)24(2,3)4)22(27)26-20-9-6-8-18(16-20)23(28)25-14-7-15-29-5/h6,8-13,16-17H,7,14-15H2,1-5H3,(H,25,28)(H,26,27). The first kappa shape index (κ1) is 23.4. The van der Waals surface area contributed by atoms with Crippen LogP contribution in [0.1, 0.15) is 50.0 Å². The summed E-state index contributed by atoms with van der Waals surface area (Å²) in [6.07, 6.45) is 0.0570. The highest BCUT2D eigenvalue weighted by Gasteiger charge is 2.17. The Morgan fingerprint density at radius 1 is 1.07 bits per heavy atom. The van der Waals surface area contributed by atoms with Crippen LogP contribution in [0.25, 0.3) is 0 Å². The molecule has 30 heavy (non-hydrogen) atoms. The van der Waals surface area contributed by atoms with Crippen LogP contribution in [-0.4, -0.2) is 38.2 Å². The van der Waals surface area contributed by atoms with E-state index in [0.717, 1.165) is 6.42 Å². The van der Waals surface area contributed by atoms with Gasteiger partial charge in [0.2, 0.25) is 0 Å². The van der Waals surface area contributed by atoms with E-state index in [4.69, 9.17) is 9.47 Å². The molecule has 0 saturated carbocycles. The van der Waals surface area contributed by atoms with E-state index >= 15 is 0 Å². The zero-order chi connectivity index (χ0) is 22.1. The van der Waals surface area contributed by atoms with Crippen molar-refractivity contribution in [2.24, 2.45) is 0 Å². The van der Waals surface area contributed by atoms with Gasteiger partial charge in [-0.3, -0.25) is 9.59 Å². The highest BCUT2D eigenvalue weighted by atomic mass is 16.5. The minimum Gasteiger partial charge on any atom is -0.481 e. The minimum atomic E-state index is -0.683. The second-order valence-corrected chi connectivity index (χ2v) is 8.21. The number of carbonyl (C=O) groups is 2. The maximum absolute atomic E-state index is 12.5. The number of ether oxygens (including phenoxy) is 2. The van der Waals surface area contributed by atoms with E-state index in [1.54, 1.807) is 38.3 Å². The first-order chi connectivity index (χ1) is 14.2. The normalized spacial score (nSPS) is 12.2. The largest absolute Gasteiger partial charge is 0.481 e. The van der Waals surface area contributed by atoms with Crippen LogP contribution in [0.4, 0.5) is 5.69 Å². The van der Waals surface area contributed by atoms with Crippen LogP contribution in [0, 0.1) is 0 Å². The van der Waals surface area contributed by atoms with Crippen LogP contribution < -0.4 is 15.4 Å². The molecule has 0 saturated heterocycles. The molecule has 2 N–H and O–H groups in total. The molecule has 2 amide bonds. The summed E-state index contributed by atoms with van der Waals surface area (Å²) in [5.74, 6) is 0.160. The highest BCUT2D eigenvalue weighted by molar-refractivity contribution is 5.98. The summed E-state index contributed by atoms with van der Waals surface area (Å²) in [4.78, 5) is 24.7. The Bertz CT molecular complexity index is 841. The molecule has 1 unspecified atom stereocenters. The lowest BCUT2D eigenvalue weighted by Crippen LogP contribution is -2.30. The van der Waals surface area contributed by atoms with Crippen molar-refractivity contribution < 1.29 is 19.1 Å². The summed E-state index contributed by atoms with van der Waals surface area (Å²) in [7, 11) is 1.62. The first-order valence-electron chi connectivity index (χ1n) is 10.2. The molecular formula is C24H32N2O4. The molecule has 2 aromatic rings. The second kappa shape index (κ2) is 10.8. The summed E-state index contributed by atoms with van der Waals surface area (Å²) in [6, 6.07) is 14.6. The fraction of sp³-hybridized carbons (Fsp3) is 0.417. The van der Waals surface area contributed by atoms with Crippen molar-refractivity contribution in [3.05, 3.63) is 59.7 Å². The molecule has 2 aromatic carbocycles. The van der Waals surface area contributed by atoms with E-state index < -0.39 is 6.10 Å². The van der Waals surface area contributed by atoms with Crippen molar-refractivity contribution >= 4 is 17.5 Å². The number of carbonyl (C=O) groups excluding carboxylic acids is 2. The molecule has 0 bridgehead atoms. The minimum absolute atomic E-state index is 0.0581. The van der Waals surface area contributed by atoms with Gasteiger partial charge in [-0.2, -0.15) is 0 Å². The fourth-order valence-electron chi connectivity index (χ4n) is 2.79. The number of hydrogen-bond acceptors (Lipinski definition) is 4. The number of rotatable bonds is 9. The van der Waals surface area contributed by atoms with Gasteiger partial charge in [-0.1, -0.05) is 39.0 Å². The molecule has 0 aromatic heterocycles. The van der Waals surface area contributed by atoms with E-state index in [2.05, 4.69) is 31.4 Å². The van der Waals surface area contributed by atoms with Crippen molar-refractivity contribution in [2.75, 3.05) is 25.6 Å². The third kappa shape index (κ3) is 7.19. The van der Waals surface area contributed by atoms with Crippen molar-refractivity contribution in [1.82, 2.24) is 5.32 Å². The van der Waals surface area contributed by atoms with Crippen molar-refractivity contribution in [1.29, 1.82) is 0 Å². The van der Waals surface area contributed by atoms with Gasteiger partial charge in [-0.15, -0.1) is 0 Å². The number of hydrogen-bond donors (Lipinski definition) is 2. The molecular weight excluding hydrogens is 380 g/mol. The monoisotopic (exact) mass is 412 g/mol. The Hall–Kier alpha value is -2.86. The quantitative estimate of drug-likeness (QED) is 0.607. The highest BCUT2D eigenvalue weighted by Crippen LogP contribution is 2.24. The summed E-state index contributed by atoms with van der Waals surface area (Å²) >= 11 is 0. The predicted molar refractivity (Wildman–Crippen MR) is 119 cm³/mol. The Labute approximate surface area is 179 Å². The van der Waals surface area contributed by atoms with Gasteiger partial charge in [0.15, 0.2) is 6.10 Å². The third-order valence-electron chi connectivity index (χ3n) is 4.61. The van der Waals surface area contributed by atoms with Crippen LogP contribution in [0.3, 0.4) is 0 Å². The average molecular weight is 413 g/mol. The van der Waals surface area contributed by atoms with Gasteiger partial charge >= 0.3 is 0 Å². The van der Waals surface area contributed by atoms with E-state index in [1.807, 2.05) is 24.3 Å². The molecule has 0 aliphatic heterocycles. The van der Waals surface area contributed by atoms with E-state index in [0.29, 0.717) is 30.2 Å². The number of benzene rings is 2. The van der Waals surface area contributed by atoms with Gasteiger partial charge in [-0.05, 0) is 54.7 Å². The van der Waals surface area contributed by atoms with Crippen molar-refractivity contribution in [3.63, 3.8) is 0 Å². The summed E-state index contributed by atoms with van der Waals surface area (Å²) in [5.41, 5.74) is 2.28. The number of anilines is 1. The maximum atomic E-state index is 12.5. The molecule has 6 nitrogen and oxygen atoms in total. The predicted octanol–water partition coefficient (Wildman–Crippen LogP) is 4.16. The zero-order valence-corrected chi connectivity index (χ0v) is 18.5. The Morgan fingerprint density at radius 2 is 1.77 bits per heavy atom. The van der Waals surface area contributed by atoms with Crippen LogP contribution in [0.2, 0.25) is 0 Å². The Kier molecular flexibility index (Phi) is 8.42. The second-order valence-electron chi connectivity index (χ2n) is 8.21. The molecule has 0 aliphatic carbocycles. The zero-order valence-electron chi connectivity index (χ0n) is 18.5. The van der Waals surface area contributed by atoms with Crippen LogP contribution in [0.15, 0.2) is 48.5 Å².